The first kappa shape index (κ1) is 12.2. The zero-order valence-corrected chi connectivity index (χ0v) is 9.54. The summed E-state index contributed by atoms with van der Waals surface area (Å²) in [7, 11) is 0. The molecule has 0 atom stereocenters. The van der Waals surface area contributed by atoms with Gasteiger partial charge in [0, 0.05) is 31.8 Å². The lowest BCUT2D eigenvalue weighted by Crippen LogP contribution is -2.28. The molecule has 0 bridgehead atoms. The Morgan fingerprint density at radius 3 is 2.73 bits per heavy atom. The fourth-order valence-corrected chi connectivity index (χ4v) is 1.77. The molecule has 0 unspecified atom stereocenters. The first-order valence-corrected chi connectivity index (χ1v) is 5.90. The van der Waals surface area contributed by atoms with E-state index in [0.29, 0.717) is 31.1 Å². The molecule has 1 fully saturated rings. The van der Waals surface area contributed by atoms with Gasteiger partial charge in [-0.1, -0.05) is 6.92 Å². The second-order valence-electron chi connectivity index (χ2n) is 4.17. The van der Waals surface area contributed by atoms with Crippen molar-refractivity contribution < 1.29 is 4.79 Å². The van der Waals surface area contributed by atoms with E-state index in [4.69, 9.17) is 5.26 Å². The van der Waals surface area contributed by atoms with Crippen molar-refractivity contribution in [3.8, 4) is 6.07 Å². The van der Waals surface area contributed by atoms with Crippen LogP contribution < -0.4 is 0 Å². The van der Waals surface area contributed by atoms with Crippen molar-refractivity contribution in [2.75, 3.05) is 13.1 Å². The smallest absolute Gasteiger partial charge is 0.132 e. The van der Waals surface area contributed by atoms with Gasteiger partial charge in [-0.25, -0.2) is 0 Å². The predicted molar refractivity (Wildman–Crippen MR) is 59.4 cm³/mol. The van der Waals surface area contributed by atoms with Crippen LogP contribution in [0.3, 0.4) is 0 Å². The highest BCUT2D eigenvalue weighted by atomic mass is 16.1. The van der Waals surface area contributed by atoms with Crippen LogP contribution in [0.2, 0.25) is 0 Å². The highest BCUT2D eigenvalue weighted by Crippen LogP contribution is 2.27. The SMILES string of the molecule is CCC(=O)CCCN(CCC#N)C1CC1. The van der Waals surface area contributed by atoms with E-state index < -0.39 is 0 Å². The van der Waals surface area contributed by atoms with E-state index in [2.05, 4.69) is 11.0 Å². The molecule has 0 heterocycles. The van der Waals surface area contributed by atoms with Gasteiger partial charge in [0.25, 0.3) is 0 Å². The minimum Gasteiger partial charge on any atom is -0.300 e. The van der Waals surface area contributed by atoms with Crippen LogP contribution in [0.1, 0.15) is 45.4 Å². The average molecular weight is 208 g/mol. The van der Waals surface area contributed by atoms with E-state index >= 15 is 0 Å². The van der Waals surface area contributed by atoms with Crippen LogP contribution in [0, 0.1) is 11.3 Å². The maximum atomic E-state index is 11.1. The Kier molecular flexibility index (Phi) is 5.34. The molecule has 84 valence electrons. The summed E-state index contributed by atoms with van der Waals surface area (Å²) in [6.45, 7) is 3.77. The highest BCUT2D eigenvalue weighted by Gasteiger charge is 2.27. The van der Waals surface area contributed by atoms with Gasteiger partial charge < -0.3 is 0 Å². The minimum absolute atomic E-state index is 0.353. The van der Waals surface area contributed by atoms with Crippen molar-refractivity contribution in [2.45, 2.75) is 51.5 Å². The van der Waals surface area contributed by atoms with Gasteiger partial charge in [-0.3, -0.25) is 9.69 Å². The maximum absolute atomic E-state index is 11.1. The Morgan fingerprint density at radius 2 is 2.20 bits per heavy atom. The monoisotopic (exact) mass is 208 g/mol. The van der Waals surface area contributed by atoms with Gasteiger partial charge in [-0.05, 0) is 25.8 Å². The van der Waals surface area contributed by atoms with Crippen molar-refractivity contribution in [1.82, 2.24) is 4.90 Å². The number of Topliss-reactive ketones (excluding diaryl/α,β-unsaturated/α-hetero) is 1. The van der Waals surface area contributed by atoms with E-state index in [1.165, 1.54) is 12.8 Å². The Bertz CT molecular complexity index is 240. The fraction of sp³-hybridized carbons (Fsp3) is 0.833. The zero-order chi connectivity index (χ0) is 11.1. The summed E-state index contributed by atoms with van der Waals surface area (Å²) in [6, 6.07) is 2.89. The third-order valence-electron chi connectivity index (χ3n) is 2.87. The lowest BCUT2D eigenvalue weighted by Gasteiger charge is -2.20. The molecule has 0 N–H and O–H groups in total. The zero-order valence-electron chi connectivity index (χ0n) is 9.54. The molecular formula is C12H20N2O. The standard InChI is InChI=1S/C12H20N2O/c1-2-12(15)5-3-9-14(10-4-8-13)11-6-7-11/h11H,2-7,9-10H2,1H3. The molecule has 0 aromatic carbocycles. The molecule has 1 saturated carbocycles. The molecule has 15 heavy (non-hydrogen) atoms. The number of carbonyl (C=O) groups excluding carboxylic acids is 1. The van der Waals surface area contributed by atoms with Crippen LogP contribution in [-0.2, 0) is 4.79 Å². The van der Waals surface area contributed by atoms with E-state index in [-0.39, 0.29) is 0 Å². The molecule has 1 aliphatic carbocycles. The van der Waals surface area contributed by atoms with Crippen LogP contribution in [-0.4, -0.2) is 29.8 Å². The molecule has 0 amide bonds. The van der Waals surface area contributed by atoms with Crippen LogP contribution >= 0.6 is 0 Å². The third-order valence-corrected chi connectivity index (χ3v) is 2.87. The number of hydrogen-bond donors (Lipinski definition) is 0. The Labute approximate surface area is 92.1 Å². The van der Waals surface area contributed by atoms with Gasteiger partial charge in [0.05, 0.1) is 6.07 Å². The number of nitrogens with zero attached hydrogens (tertiary/aromatic N) is 2. The predicted octanol–water partition coefficient (Wildman–Crippen LogP) is 2.12. The van der Waals surface area contributed by atoms with Gasteiger partial charge in [0.15, 0.2) is 0 Å². The molecule has 0 spiro atoms. The van der Waals surface area contributed by atoms with Crippen molar-refractivity contribution in [2.24, 2.45) is 0 Å². The van der Waals surface area contributed by atoms with Crippen molar-refractivity contribution in [3.05, 3.63) is 0 Å². The van der Waals surface area contributed by atoms with Crippen LogP contribution in [0.25, 0.3) is 0 Å². The van der Waals surface area contributed by atoms with Crippen molar-refractivity contribution >= 4 is 5.78 Å². The van der Waals surface area contributed by atoms with Crippen molar-refractivity contribution in [1.29, 1.82) is 5.26 Å². The molecule has 0 radical (unpaired) electrons. The summed E-state index contributed by atoms with van der Waals surface area (Å²) in [5.74, 6) is 0.353. The van der Waals surface area contributed by atoms with E-state index in [0.717, 1.165) is 19.5 Å². The number of nitriles is 1. The van der Waals surface area contributed by atoms with Crippen molar-refractivity contribution in [3.63, 3.8) is 0 Å². The third kappa shape index (κ3) is 4.94. The van der Waals surface area contributed by atoms with E-state index in [1.54, 1.807) is 0 Å². The summed E-state index contributed by atoms with van der Waals surface area (Å²) in [6.07, 6.45) is 5.46. The van der Waals surface area contributed by atoms with E-state index in [9.17, 15) is 4.79 Å². The Balaban J connectivity index is 2.14. The summed E-state index contributed by atoms with van der Waals surface area (Å²) in [5, 5.41) is 8.54. The summed E-state index contributed by atoms with van der Waals surface area (Å²) >= 11 is 0. The molecule has 0 saturated heterocycles. The molecular weight excluding hydrogens is 188 g/mol. The number of ketones is 1. The maximum Gasteiger partial charge on any atom is 0.132 e. The topological polar surface area (TPSA) is 44.1 Å². The van der Waals surface area contributed by atoms with Gasteiger partial charge in [0.2, 0.25) is 0 Å². The molecule has 0 aliphatic heterocycles. The lowest BCUT2D eigenvalue weighted by molar-refractivity contribution is -0.118. The van der Waals surface area contributed by atoms with Gasteiger partial charge in [-0.15, -0.1) is 0 Å². The van der Waals surface area contributed by atoms with Crippen LogP contribution in [0.4, 0.5) is 0 Å². The summed E-state index contributed by atoms with van der Waals surface area (Å²) < 4.78 is 0. The van der Waals surface area contributed by atoms with Gasteiger partial charge in [-0.2, -0.15) is 5.26 Å². The first-order chi connectivity index (χ1) is 7.27. The molecule has 0 aromatic heterocycles. The lowest BCUT2D eigenvalue weighted by atomic mass is 10.2. The van der Waals surface area contributed by atoms with Crippen LogP contribution in [0.5, 0.6) is 0 Å². The fourth-order valence-electron chi connectivity index (χ4n) is 1.77. The average Bonchev–Trinajstić information content (AvgIpc) is 3.06. The number of rotatable bonds is 8. The first-order valence-electron chi connectivity index (χ1n) is 5.90. The second-order valence-corrected chi connectivity index (χ2v) is 4.17. The van der Waals surface area contributed by atoms with Crippen LogP contribution in [0.15, 0.2) is 0 Å². The highest BCUT2D eigenvalue weighted by molar-refractivity contribution is 5.77. The second kappa shape index (κ2) is 6.58. The molecule has 3 heteroatoms. The number of hydrogen-bond acceptors (Lipinski definition) is 3. The summed E-state index contributed by atoms with van der Waals surface area (Å²) in [4.78, 5) is 13.5. The molecule has 1 aliphatic rings. The minimum atomic E-state index is 0.353. The molecule has 0 aromatic rings. The largest absolute Gasteiger partial charge is 0.300 e. The normalized spacial score (nSPS) is 15.3. The molecule has 3 nitrogen and oxygen atoms in total. The molecule has 1 rings (SSSR count). The van der Waals surface area contributed by atoms with Gasteiger partial charge in [0.1, 0.15) is 5.78 Å². The van der Waals surface area contributed by atoms with Gasteiger partial charge >= 0.3 is 0 Å². The number of carbonyl (C=O) groups is 1. The Morgan fingerprint density at radius 1 is 1.47 bits per heavy atom. The Hall–Kier alpha value is -0.880. The van der Waals surface area contributed by atoms with E-state index in [1.807, 2.05) is 6.92 Å². The summed E-state index contributed by atoms with van der Waals surface area (Å²) in [5.41, 5.74) is 0. The quantitative estimate of drug-likeness (QED) is 0.613.